The highest BCUT2D eigenvalue weighted by molar-refractivity contribution is 7.18. The Labute approximate surface area is 140 Å². The molecule has 0 fully saturated rings. The highest BCUT2D eigenvalue weighted by atomic mass is 35.5. The average Bonchev–Trinajstić information content (AvgIpc) is 3.05. The molecule has 0 bridgehead atoms. The maximum Gasteiger partial charge on any atom is 0.289 e. The van der Waals surface area contributed by atoms with E-state index in [1.807, 2.05) is 22.8 Å². The summed E-state index contributed by atoms with van der Waals surface area (Å²) in [5, 5.41) is 0. The van der Waals surface area contributed by atoms with Crippen LogP contribution in [0.25, 0.3) is 10.2 Å². The van der Waals surface area contributed by atoms with E-state index in [4.69, 9.17) is 11.6 Å². The van der Waals surface area contributed by atoms with Crippen molar-refractivity contribution in [3.63, 3.8) is 0 Å². The van der Waals surface area contributed by atoms with Crippen molar-refractivity contribution in [2.45, 2.75) is 13.5 Å². The van der Waals surface area contributed by atoms with Gasteiger partial charge in [-0.3, -0.25) is 4.79 Å². The Morgan fingerprint density at radius 2 is 2.18 bits per heavy atom. The van der Waals surface area contributed by atoms with Gasteiger partial charge >= 0.3 is 0 Å². The summed E-state index contributed by atoms with van der Waals surface area (Å²) in [5.41, 5.74) is 2.26. The second-order valence-electron chi connectivity index (χ2n) is 4.73. The SMILES string of the molecule is C=CCn1c(=NC(=O)c2ccc(Cl)s2)sc2cccc(C)c21. The highest BCUT2D eigenvalue weighted by Gasteiger charge is 2.11. The zero-order valence-electron chi connectivity index (χ0n) is 11.9. The molecular weight excluding hydrogens is 336 g/mol. The Morgan fingerprint density at radius 1 is 1.36 bits per heavy atom. The van der Waals surface area contributed by atoms with Crippen LogP contribution >= 0.6 is 34.3 Å². The minimum atomic E-state index is -0.265. The van der Waals surface area contributed by atoms with Gasteiger partial charge in [-0.1, -0.05) is 41.1 Å². The maximum absolute atomic E-state index is 12.3. The number of thiophene rings is 1. The number of aromatic nitrogens is 1. The molecular formula is C16H13ClN2OS2. The number of para-hydroxylation sites is 1. The first-order chi connectivity index (χ1) is 10.6. The minimum absolute atomic E-state index is 0.265. The second-order valence-corrected chi connectivity index (χ2v) is 7.45. The normalized spacial score (nSPS) is 12.0. The molecule has 0 atom stereocenters. The van der Waals surface area contributed by atoms with Crippen LogP contribution in [-0.2, 0) is 6.54 Å². The lowest BCUT2D eigenvalue weighted by molar-refractivity contribution is 0.100. The van der Waals surface area contributed by atoms with Crippen molar-refractivity contribution in [2.75, 3.05) is 0 Å². The van der Waals surface area contributed by atoms with E-state index in [-0.39, 0.29) is 5.91 Å². The molecule has 112 valence electrons. The van der Waals surface area contributed by atoms with Crippen molar-refractivity contribution in [1.82, 2.24) is 4.57 Å². The van der Waals surface area contributed by atoms with Crippen LogP contribution in [0, 0.1) is 6.92 Å². The number of hydrogen-bond acceptors (Lipinski definition) is 3. The number of fused-ring (bicyclic) bond motifs is 1. The number of carbonyl (C=O) groups excluding carboxylic acids is 1. The fourth-order valence-electron chi connectivity index (χ4n) is 2.26. The first-order valence-electron chi connectivity index (χ1n) is 6.64. The van der Waals surface area contributed by atoms with E-state index in [1.165, 1.54) is 22.7 Å². The van der Waals surface area contributed by atoms with Gasteiger partial charge in [0, 0.05) is 6.54 Å². The molecule has 0 radical (unpaired) electrons. The van der Waals surface area contributed by atoms with Crippen LogP contribution in [0.3, 0.4) is 0 Å². The monoisotopic (exact) mass is 348 g/mol. The number of carbonyl (C=O) groups is 1. The van der Waals surface area contributed by atoms with Crippen molar-refractivity contribution in [2.24, 2.45) is 4.99 Å². The molecule has 0 spiro atoms. The van der Waals surface area contributed by atoms with Crippen LogP contribution in [-0.4, -0.2) is 10.5 Å². The Bertz CT molecular complexity index is 933. The molecule has 3 rings (SSSR count). The molecule has 0 unspecified atom stereocenters. The van der Waals surface area contributed by atoms with E-state index < -0.39 is 0 Å². The lowest BCUT2D eigenvalue weighted by Gasteiger charge is -2.03. The molecule has 2 heterocycles. The first-order valence-corrected chi connectivity index (χ1v) is 8.65. The third-order valence-electron chi connectivity index (χ3n) is 3.20. The number of aryl methyl sites for hydroxylation is 1. The number of hydrogen-bond donors (Lipinski definition) is 0. The summed E-state index contributed by atoms with van der Waals surface area (Å²) in [7, 11) is 0. The summed E-state index contributed by atoms with van der Waals surface area (Å²) in [4.78, 5) is 17.8. The van der Waals surface area contributed by atoms with Gasteiger partial charge in [-0.2, -0.15) is 4.99 Å². The van der Waals surface area contributed by atoms with E-state index in [2.05, 4.69) is 24.6 Å². The topological polar surface area (TPSA) is 34.4 Å². The molecule has 0 aliphatic heterocycles. The quantitative estimate of drug-likeness (QED) is 0.634. The number of nitrogens with zero attached hydrogens (tertiary/aromatic N) is 2. The first kappa shape index (κ1) is 15.2. The lowest BCUT2D eigenvalue weighted by atomic mass is 10.2. The lowest BCUT2D eigenvalue weighted by Crippen LogP contribution is -2.16. The number of amides is 1. The third-order valence-corrected chi connectivity index (χ3v) is 5.46. The summed E-state index contributed by atoms with van der Waals surface area (Å²) in [6.45, 7) is 6.46. The van der Waals surface area contributed by atoms with E-state index >= 15 is 0 Å². The highest BCUT2D eigenvalue weighted by Crippen LogP contribution is 2.23. The summed E-state index contributed by atoms with van der Waals surface area (Å²) in [6, 6.07) is 9.52. The summed E-state index contributed by atoms with van der Waals surface area (Å²) >= 11 is 8.63. The van der Waals surface area contributed by atoms with Gasteiger partial charge < -0.3 is 4.57 Å². The fourth-order valence-corrected chi connectivity index (χ4v) is 4.31. The van der Waals surface area contributed by atoms with Crippen molar-refractivity contribution < 1.29 is 4.79 Å². The summed E-state index contributed by atoms with van der Waals surface area (Å²) < 4.78 is 3.72. The van der Waals surface area contributed by atoms with Gasteiger partial charge in [-0.25, -0.2) is 0 Å². The number of benzene rings is 1. The number of thiazole rings is 1. The minimum Gasteiger partial charge on any atom is -0.312 e. The smallest absolute Gasteiger partial charge is 0.289 e. The van der Waals surface area contributed by atoms with E-state index in [0.29, 0.717) is 20.6 Å². The molecule has 1 amide bonds. The molecule has 0 saturated heterocycles. The molecule has 0 saturated carbocycles. The Hall–Kier alpha value is -1.69. The predicted octanol–water partition coefficient (Wildman–Crippen LogP) is 4.65. The zero-order chi connectivity index (χ0) is 15.7. The van der Waals surface area contributed by atoms with E-state index in [0.717, 1.165) is 15.8 Å². The van der Waals surface area contributed by atoms with Gasteiger partial charge in [-0.15, -0.1) is 17.9 Å². The van der Waals surface area contributed by atoms with Crippen molar-refractivity contribution in [1.29, 1.82) is 0 Å². The molecule has 3 aromatic rings. The summed E-state index contributed by atoms with van der Waals surface area (Å²) in [6.07, 6.45) is 1.81. The number of allylic oxidation sites excluding steroid dienone is 1. The van der Waals surface area contributed by atoms with Crippen LogP contribution in [0.5, 0.6) is 0 Å². The fraction of sp³-hybridized carbons (Fsp3) is 0.125. The molecule has 6 heteroatoms. The average molecular weight is 349 g/mol. The van der Waals surface area contributed by atoms with Crippen LogP contribution in [0.4, 0.5) is 0 Å². The van der Waals surface area contributed by atoms with Crippen LogP contribution in [0.1, 0.15) is 15.2 Å². The number of halogens is 1. The standard InChI is InChI=1S/C16H13ClN2OS2/c1-3-9-19-14-10(2)5-4-6-11(14)22-16(19)18-15(20)12-7-8-13(17)21-12/h3-8H,1,9H2,2H3. The van der Waals surface area contributed by atoms with E-state index in [9.17, 15) is 4.79 Å². The largest absolute Gasteiger partial charge is 0.312 e. The van der Waals surface area contributed by atoms with Crippen LogP contribution in [0.15, 0.2) is 48.0 Å². The molecule has 2 aromatic heterocycles. The molecule has 3 nitrogen and oxygen atoms in total. The maximum atomic E-state index is 12.3. The van der Waals surface area contributed by atoms with Crippen molar-refractivity contribution in [3.8, 4) is 0 Å². The van der Waals surface area contributed by atoms with Crippen molar-refractivity contribution in [3.05, 3.63) is 62.6 Å². The summed E-state index contributed by atoms with van der Waals surface area (Å²) in [5.74, 6) is -0.265. The van der Waals surface area contributed by atoms with Gasteiger partial charge in [0.2, 0.25) is 0 Å². The third kappa shape index (κ3) is 2.79. The van der Waals surface area contributed by atoms with Gasteiger partial charge in [-0.05, 0) is 30.7 Å². The Kier molecular flexibility index (Phi) is 4.29. The molecule has 22 heavy (non-hydrogen) atoms. The predicted molar refractivity (Wildman–Crippen MR) is 94.0 cm³/mol. The molecule has 0 N–H and O–H groups in total. The Balaban J connectivity index is 2.19. The Morgan fingerprint density at radius 3 is 2.86 bits per heavy atom. The van der Waals surface area contributed by atoms with Gasteiger partial charge in [0.05, 0.1) is 19.4 Å². The number of rotatable bonds is 3. The van der Waals surface area contributed by atoms with Crippen LogP contribution < -0.4 is 4.80 Å². The zero-order valence-corrected chi connectivity index (χ0v) is 14.3. The molecule has 1 aromatic carbocycles. The van der Waals surface area contributed by atoms with Gasteiger partial charge in [0.1, 0.15) is 0 Å². The van der Waals surface area contributed by atoms with Gasteiger partial charge in [0.15, 0.2) is 4.80 Å². The van der Waals surface area contributed by atoms with Gasteiger partial charge in [0.25, 0.3) is 5.91 Å². The molecule has 0 aliphatic carbocycles. The van der Waals surface area contributed by atoms with Crippen LogP contribution in [0.2, 0.25) is 4.34 Å². The molecule has 0 aliphatic rings. The van der Waals surface area contributed by atoms with E-state index in [1.54, 1.807) is 12.1 Å². The van der Waals surface area contributed by atoms with Crippen molar-refractivity contribution >= 4 is 50.4 Å². The second kappa shape index (κ2) is 6.20.